The van der Waals surface area contributed by atoms with Crippen molar-refractivity contribution < 1.29 is 44.3 Å². The molecule has 0 aliphatic carbocycles. The Labute approximate surface area is 82.5 Å². The average Bonchev–Trinajstić information content (AvgIpc) is 1.91. The van der Waals surface area contributed by atoms with Gasteiger partial charge in [-0.15, -0.1) is 0 Å². The van der Waals surface area contributed by atoms with Crippen molar-refractivity contribution in [1.29, 1.82) is 0 Å². The van der Waals surface area contributed by atoms with E-state index in [0.717, 1.165) is 0 Å². The van der Waals surface area contributed by atoms with Gasteiger partial charge in [0, 0.05) is 0 Å². The number of ether oxygens (including phenoxy) is 1. The minimum atomic E-state index is -6.21. The first-order valence-electron chi connectivity index (χ1n) is 3.31. The van der Waals surface area contributed by atoms with Gasteiger partial charge in [0.15, 0.2) is 5.57 Å². The topological polar surface area (TPSA) is 9.23 Å². The van der Waals surface area contributed by atoms with E-state index in [1.165, 1.54) is 0 Å². The minimum Gasteiger partial charge on any atom is -0.492 e. The summed E-state index contributed by atoms with van der Waals surface area (Å²) in [4.78, 5) is 0. The Bertz CT molecular complexity index is 262. The predicted molar refractivity (Wildman–Crippen MR) is 32.2 cm³/mol. The van der Waals surface area contributed by atoms with Gasteiger partial charge >= 0.3 is 18.5 Å². The molecule has 16 heavy (non-hydrogen) atoms. The number of hydrogen-bond acceptors (Lipinski definition) is 1. The average molecular weight is 262 g/mol. The zero-order valence-electron chi connectivity index (χ0n) is 7.31. The molecule has 0 spiro atoms. The maximum Gasteiger partial charge on any atom is 0.449 e. The Balaban J connectivity index is 5.92. The molecule has 0 saturated carbocycles. The van der Waals surface area contributed by atoms with E-state index in [9.17, 15) is 39.5 Å². The number of allylic oxidation sites excluding steroid dienone is 2. The summed E-state index contributed by atoms with van der Waals surface area (Å²) in [5.41, 5.74) is -3.71. The van der Waals surface area contributed by atoms with Crippen LogP contribution in [0.15, 0.2) is 11.3 Å². The van der Waals surface area contributed by atoms with E-state index in [1.807, 2.05) is 0 Å². The molecule has 1 nitrogen and oxygen atoms in total. The molecule has 0 rings (SSSR count). The molecule has 0 N–H and O–H groups in total. The van der Waals surface area contributed by atoms with Crippen LogP contribution in [-0.4, -0.2) is 25.6 Å². The molecule has 0 radical (unpaired) electrons. The van der Waals surface area contributed by atoms with Crippen molar-refractivity contribution in [3.8, 4) is 0 Å². The highest BCUT2D eigenvalue weighted by Gasteiger charge is 2.58. The summed E-state index contributed by atoms with van der Waals surface area (Å²) in [6.45, 7) is 0. The molecule has 0 aromatic carbocycles. The highest BCUT2D eigenvalue weighted by molar-refractivity contribution is 5.23. The molecule has 0 aliphatic heterocycles. The number of rotatable bonds is 1. The smallest absolute Gasteiger partial charge is 0.449 e. The maximum absolute atomic E-state index is 11.8. The van der Waals surface area contributed by atoms with Crippen molar-refractivity contribution in [1.82, 2.24) is 0 Å². The molecule has 0 bridgehead atoms. The second kappa shape index (κ2) is 4.06. The van der Waals surface area contributed by atoms with Crippen LogP contribution in [0.25, 0.3) is 0 Å². The lowest BCUT2D eigenvalue weighted by atomic mass is 10.2. The Hall–Kier alpha value is -1.09. The molecule has 0 unspecified atom stereocenters. The fourth-order valence-corrected chi connectivity index (χ4v) is 0.778. The lowest BCUT2D eigenvalue weighted by molar-refractivity contribution is -0.192. The van der Waals surface area contributed by atoms with Gasteiger partial charge in [0.2, 0.25) is 5.76 Å². The molecule has 0 aromatic heterocycles. The quantitative estimate of drug-likeness (QED) is 0.518. The summed E-state index contributed by atoms with van der Waals surface area (Å²) in [6.07, 6.45) is -18.3. The zero-order valence-corrected chi connectivity index (χ0v) is 7.31. The largest absolute Gasteiger partial charge is 0.492 e. The third kappa shape index (κ3) is 3.49. The summed E-state index contributed by atoms with van der Waals surface area (Å²) < 4.78 is 110. The maximum atomic E-state index is 11.8. The summed E-state index contributed by atoms with van der Waals surface area (Å²) in [5.74, 6) is -3.12. The molecular formula is C6H3F9O. The van der Waals surface area contributed by atoms with Gasteiger partial charge in [-0.3, -0.25) is 0 Å². The van der Waals surface area contributed by atoms with Crippen LogP contribution in [0, 0.1) is 0 Å². The van der Waals surface area contributed by atoms with Crippen molar-refractivity contribution in [2.24, 2.45) is 0 Å². The first kappa shape index (κ1) is 14.9. The second-order valence-electron chi connectivity index (χ2n) is 2.40. The van der Waals surface area contributed by atoms with Crippen LogP contribution in [0.5, 0.6) is 0 Å². The Morgan fingerprint density at radius 1 is 0.688 bits per heavy atom. The third-order valence-electron chi connectivity index (χ3n) is 1.26. The van der Waals surface area contributed by atoms with Gasteiger partial charge in [0.25, 0.3) is 0 Å². The van der Waals surface area contributed by atoms with Gasteiger partial charge in [-0.25, -0.2) is 0 Å². The number of methoxy groups -OCH3 is 1. The van der Waals surface area contributed by atoms with Crippen molar-refractivity contribution in [3.05, 3.63) is 11.3 Å². The minimum absolute atomic E-state index is 0.0697. The molecule has 0 aliphatic rings. The highest BCUT2D eigenvalue weighted by atomic mass is 19.4. The van der Waals surface area contributed by atoms with E-state index in [-0.39, 0.29) is 7.11 Å². The van der Waals surface area contributed by atoms with Crippen LogP contribution < -0.4 is 0 Å². The van der Waals surface area contributed by atoms with Crippen molar-refractivity contribution in [3.63, 3.8) is 0 Å². The van der Waals surface area contributed by atoms with Gasteiger partial charge in [0.05, 0.1) is 7.11 Å². The molecule has 96 valence electrons. The summed E-state index contributed by atoms with van der Waals surface area (Å²) in [5, 5.41) is 0. The van der Waals surface area contributed by atoms with Gasteiger partial charge in [0.1, 0.15) is 0 Å². The molecule has 0 atom stereocenters. The highest BCUT2D eigenvalue weighted by Crippen LogP contribution is 2.44. The molecule has 0 amide bonds. The SMILES string of the molecule is COC(=C(C(F)(F)F)C(F)(F)F)C(F)(F)F. The second-order valence-corrected chi connectivity index (χ2v) is 2.40. The van der Waals surface area contributed by atoms with Crippen LogP contribution in [0.3, 0.4) is 0 Å². The van der Waals surface area contributed by atoms with E-state index < -0.39 is 29.9 Å². The predicted octanol–water partition coefficient (Wildman–Crippen LogP) is 3.57. The first-order chi connectivity index (χ1) is 6.81. The van der Waals surface area contributed by atoms with E-state index in [1.54, 1.807) is 0 Å². The lowest BCUT2D eigenvalue weighted by Crippen LogP contribution is -2.32. The Kier molecular flexibility index (Phi) is 3.78. The van der Waals surface area contributed by atoms with E-state index in [4.69, 9.17) is 0 Å². The van der Waals surface area contributed by atoms with Crippen molar-refractivity contribution in [2.45, 2.75) is 18.5 Å². The summed E-state index contributed by atoms with van der Waals surface area (Å²) in [7, 11) is 0.0697. The van der Waals surface area contributed by atoms with Gasteiger partial charge in [-0.05, 0) is 0 Å². The molecular weight excluding hydrogens is 259 g/mol. The number of alkyl halides is 9. The third-order valence-corrected chi connectivity index (χ3v) is 1.26. The molecule has 10 heteroatoms. The van der Waals surface area contributed by atoms with Gasteiger partial charge in [-0.1, -0.05) is 0 Å². The van der Waals surface area contributed by atoms with E-state index in [2.05, 4.69) is 4.74 Å². The zero-order chi connectivity index (χ0) is 13.4. The fourth-order valence-electron chi connectivity index (χ4n) is 0.778. The molecule has 0 heterocycles. The van der Waals surface area contributed by atoms with Gasteiger partial charge < -0.3 is 4.74 Å². The number of hydrogen-bond donors (Lipinski definition) is 0. The Morgan fingerprint density at radius 3 is 1.06 bits per heavy atom. The van der Waals surface area contributed by atoms with Crippen molar-refractivity contribution >= 4 is 0 Å². The monoisotopic (exact) mass is 262 g/mol. The van der Waals surface area contributed by atoms with Crippen LogP contribution in [0.4, 0.5) is 39.5 Å². The number of halogens is 9. The van der Waals surface area contributed by atoms with Crippen LogP contribution >= 0.6 is 0 Å². The van der Waals surface area contributed by atoms with E-state index in [0.29, 0.717) is 0 Å². The molecule has 0 saturated heterocycles. The van der Waals surface area contributed by atoms with Crippen molar-refractivity contribution in [2.75, 3.05) is 7.11 Å². The van der Waals surface area contributed by atoms with Crippen LogP contribution in [0.2, 0.25) is 0 Å². The normalized spacial score (nSPS) is 13.6. The summed E-state index contributed by atoms with van der Waals surface area (Å²) in [6, 6.07) is 0. The van der Waals surface area contributed by atoms with Crippen LogP contribution in [0.1, 0.15) is 0 Å². The van der Waals surface area contributed by atoms with Crippen LogP contribution in [-0.2, 0) is 4.74 Å². The molecule has 0 aromatic rings. The fraction of sp³-hybridized carbons (Fsp3) is 0.667. The lowest BCUT2D eigenvalue weighted by Gasteiger charge is -2.20. The Morgan fingerprint density at radius 2 is 1.00 bits per heavy atom. The first-order valence-corrected chi connectivity index (χ1v) is 3.31. The standard InChI is InChI=1S/C6H3F9O/c1-16-3(6(13,14)15)2(4(7,8)9)5(10,11)12/h1H3. The molecule has 0 fully saturated rings. The van der Waals surface area contributed by atoms with E-state index >= 15 is 0 Å². The van der Waals surface area contributed by atoms with Gasteiger partial charge in [-0.2, -0.15) is 39.5 Å². The summed E-state index contributed by atoms with van der Waals surface area (Å²) >= 11 is 0.